The van der Waals surface area contributed by atoms with Crippen molar-refractivity contribution in [1.82, 2.24) is 5.32 Å². The fourth-order valence-corrected chi connectivity index (χ4v) is 1.91. The van der Waals surface area contributed by atoms with Crippen LogP contribution < -0.4 is 16.8 Å². The van der Waals surface area contributed by atoms with Gasteiger partial charge in [0.2, 0.25) is 0 Å². The number of benzene rings is 1. The van der Waals surface area contributed by atoms with Crippen LogP contribution in [-0.2, 0) is 4.79 Å². The van der Waals surface area contributed by atoms with Crippen LogP contribution in [0.2, 0.25) is 0 Å². The highest BCUT2D eigenvalue weighted by molar-refractivity contribution is 6.42. The van der Waals surface area contributed by atoms with E-state index in [2.05, 4.69) is 20.3 Å². The Kier molecular flexibility index (Phi) is 2.60. The average molecular weight is 256 g/mol. The SMILES string of the molecule is Nc1ccc(C2=N[C@H]3C(=O)N[C@H](N)N=C3N=C2)cc1. The molecule has 96 valence electrons. The molecule has 0 radical (unpaired) electrons. The van der Waals surface area contributed by atoms with E-state index in [-0.39, 0.29) is 5.91 Å². The summed E-state index contributed by atoms with van der Waals surface area (Å²) in [5.41, 5.74) is 13.3. The zero-order valence-electron chi connectivity index (χ0n) is 9.95. The molecule has 3 rings (SSSR count). The number of anilines is 1. The van der Waals surface area contributed by atoms with Gasteiger partial charge in [-0.05, 0) is 12.1 Å². The highest BCUT2D eigenvalue weighted by Crippen LogP contribution is 2.13. The minimum absolute atomic E-state index is 0.290. The van der Waals surface area contributed by atoms with Gasteiger partial charge in [0.05, 0.1) is 11.9 Å². The predicted octanol–water partition coefficient (Wildman–Crippen LogP) is -0.718. The Hall–Kier alpha value is -2.54. The van der Waals surface area contributed by atoms with Gasteiger partial charge < -0.3 is 11.1 Å². The number of hydrogen-bond donors (Lipinski definition) is 3. The van der Waals surface area contributed by atoms with Crippen molar-refractivity contribution in [1.29, 1.82) is 0 Å². The number of nitrogens with one attached hydrogen (secondary N) is 1. The maximum Gasteiger partial charge on any atom is 0.255 e. The summed E-state index contributed by atoms with van der Waals surface area (Å²) in [5, 5.41) is 2.51. The first-order chi connectivity index (χ1) is 9.13. The van der Waals surface area contributed by atoms with E-state index in [0.717, 1.165) is 5.56 Å². The standard InChI is InChI=1S/C12H12N6O/c13-7-3-1-6(2-4-7)8-5-15-10-9(16-8)11(19)18-12(14)17-10/h1-5,9,12H,13-14H2,(H,18,19)/t9-,12-/m1/s1. The molecule has 0 unspecified atom stereocenters. The van der Waals surface area contributed by atoms with Gasteiger partial charge in [-0.1, -0.05) is 12.1 Å². The molecule has 7 nitrogen and oxygen atoms in total. The summed E-state index contributed by atoms with van der Waals surface area (Å²) in [6, 6.07) is 6.47. The lowest BCUT2D eigenvalue weighted by molar-refractivity contribution is -0.121. The van der Waals surface area contributed by atoms with E-state index >= 15 is 0 Å². The summed E-state index contributed by atoms with van der Waals surface area (Å²) < 4.78 is 0. The van der Waals surface area contributed by atoms with Crippen LogP contribution in [0.1, 0.15) is 5.56 Å². The number of amides is 1. The zero-order valence-corrected chi connectivity index (χ0v) is 9.95. The fourth-order valence-electron chi connectivity index (χ4n) is 1.91. The van der Waals surface area contributed by atoms with E-state index in [1.807, 2.05) is 12.1 Å². The molecule has 0 fully saturated rings. The van der Waals surface area contributed by atoms with E-state index in [1.165, 1.54) is 0 Å². The lowest BCUT2D eigenvalue weighted by atomic mass is 10.1. The Morgan fingerprint density at radius 3 is 2.63 bits per heavy atom. The van der Waals surface area contributed by atoms with Crippen molar-refractivity contribution in [3.05, 3.63) is 29.8 Å². The van der Waals surface area contributed by atoms with Gasteiger partial charge in [-0.3, -0.25) is 15.5 Å². The van der Waals surface area contributed by atoms with E-state index in [9.17, 15) is 4.79 Å². The van der Waals surface area contributed by atoms with Crippen LogP contribution in [-0.4, -0.2) is 36.0 Å². The molecule has 7 heteroatoms. The molecule has 0 aliphatic carbocycles. The van der Waals surface area contributed by atoms with Crippen molar-refractivity contribution in [3.8, 4) is 0 Å². The number of rotatable bonds is 1. The van der Waals surface area contributed by atoms with E-state index in [0.29, 0.717) is 17.2 Å². The van der Waals surface area contributed by atoms with E-state index in [1.54, 1.807) is 18.3 Å². The fraction of sp³-hybridized carbons (Fsp3) is 0.167. The largest absolute Gasteiger partial charge is 0.399 e. The second kappa shape index (κ2) is 4.29. The Labute approximate surface area is 109 Å². The second-order valence-electron chi connectivity index (χ2n) is 4.24. The van der Waals surface area contributed by atoms with Crippen molar-refractivity contribution in [2.24, 2.45) is 20.7 Å². The zero-order chi connectivity index (χ0) is 13.4. The van der Waals surface area contributed by atoms with Crippen LogP contribution in [0.25, 0.3) is 0 Å². The maximum atomic E-state index is 11.8. The predicted molar refractivity (Wildman–Crippen MR) is 73.2 cm³/mol. The highest BCUT2D eigenvalue weighted by atomic mass is 16.2. The summed E-state index contributed by atoms with van der Waals surface area (Å²) in [7, 11) is 0. The van der Waals surface area contributed by atoms with Crippen molar-refractivity contribution in [2.75, 3.05) is 5.73 Å². The number of hydrogen-bond acceptors (Lipinski definition) is 6. The maximum absolute atomic E-state index is 11.8. The first kappa shape index (κ1) is 11.5. The number of carbonyl (C=O) groups excluding carboxylic acids is 1. The number of nitrogens with zero attached hydrogens (tertiary/aromatic N) is 3. The van der Waals surface area contributed by atoms with Crippen molar-refractivity contribution in [2.45, 2.75) is 12.3 Å². The molecule has 1 aromatic carbocycles. The van der Waals surface area contributed by atoms with Gasteiger partial charge in [0.1, 0.15) is 0 Å². The number of carbonyl (C=O) groups is 1. The lowest BCUT2D eigenvalue weighted by Crippen LogP contribution is -2.53. The Morgan fingerprint density at radius 2 is 1.89 bits per heavy atom. The van der Waals surface area contributed by atoms with Gasteiger partial charge in [-0.15, -0.1) is 0 Å². The van der Waals surface area contributed by atoms with Crippen LogP contribution in [0, 0.1) is 0 Å². The number of aliphatic imine (C=N–C) groups is 3. The lowest BCUT2D eigenvalue weighted by Gasteiger charge is -2.24. The average Bonchev–Trinajstić information content (AvgIpc) is 2.39. The first-order valence-corrected chi connectivity index (χ1v) is 5.75. The van der Waals surface area contributed by atoms with Crippen LogP contribution >= 0.6 is 0 Å². The van der Waals surface area contributed by atoms with Crippen molar-refractivity contribution in [3.63, 3.8) is 0 Å². The number of fused-ring (bicyclic) bond motifs is 1. The number of nitrogen functional groups attached to an aromatic ring is 1. The Morgan fingerprint density at radius 1 is 1.16 bits per heavy atom. The summed E-state index contributed by atoms with van der Waals surface area (Å²) in [6.07, 6.45) is 0.829. The Balaban J connectivity index is 1.96. The molecule has 0 saturated heterocycles. The molecule has 0 bridgehead atoms. The molecule has 0 aromatic heterocycles. The Bertz CT molecular complexity index is 616. The molecule has 2 aliphatic heterocycles. The normalized spacial score (nSPS) is 25.2. The third-order valence-electron chi connectivity index (χ3n) is 2.85. The molecular formula is C12H12N6O. The molecule has 1 aromatic rings. The summed E-state index contributed by atoms with van der Waals surface area (Å²) in [5.74, 6) is 0.0535. The summed E-state index contributed by atoms with van der Waals surface area (Å²) >= 11 is 0. The molecule has 5 N–H and O–H groups in total. The third-order valence-corrected chi connectivity index (χ3v) is 2.85. The molecule has 19 heavy (non-hydrogen) atoms. The molecule has 1 amide bonds. The van der Waals surface area contributed by atoms with E-state index < -0.39 is 12.3 Å². The molecule has 0 saturated carbocycles. The second-order valence-corrected chi connectivity index (χ2v) is 4.24. The smallest absolute Gasteiger partial charge is 0.255 e. The van der Waals surface area contributed by atoms with Crippen LogP contribution in [0.5, 0.6) is 0 Å². The van der Waals surface area contributed by atoms with Crippen LogP contribution in [0.4, 0.5) is 5.69 Å². The van der Waals surface area contributed by atoms with Gasteiger partial charge >= 0.3 is 0 Å². The van der Waals surface area contributed by atoms with Crippen LogP contribution in [0.15, 0.2) is 39.2 Å². The number of amidine groups is 1. The van der Waals surface area contributed by atoms with Crippen molar-refractivity contribution < 1.29 is 4.79 Å². The quantitative estimate of drug-likeness (QED) is 0.575. The molecule has 0 spiro atoms. The summed E-state index contributed by atoms with van der Waals surface area (Å²) in [6.45, 7) is 0. The molecular weight excluding hydrogens is 244 g/mol. The van der Waals surface area contributed by atoms with Gasteiger partial charge in [0, 0.05) is 11.3 Å². The number of nitrogens with two attached hydrogens (primary N) is 2. The molecule has 2 heterocycles. The topological polar surface area (TPSA) is 118 Å². The summed E-state index contributed by atoms with van der Waals surface area (Å²) in [4.78, 5) is 24.3. The first-order valence-electron chi connectivity index (χ1n) is 5.75. The van der Waals surface area contributed by atoms with Gasteiger partial charge in [0.15, 0.2) is 18.2 Å². The monoisotopic (exact) mass is 256 g/mol. The van der Waals surface area contributed by atoms with Crippen LogP contribution in [0.3, 0.4) is 0 Å². The van der Waals surface area contributed by atoms with Crippen molar-refractivity contribution >= 4 is 29.4 Å². The molecule has 2 atom stereocenters. The van der Waals surface area contributed by atoms with Gasteiger partial charge in [-0.2, -0.15) is 0 Å². The third kappa shape index (κ3) is 2.11. The minimum Gasteiger partial charge on any atom is -0.399 e. The molecule has 2 aliphatic rings. The van der Waals surface area contributed by atoms with Gasteiger partial charge in [-0.25, -0.2) is 9.98 Å². The van der Waals surface area contributed by atoms with E-state index in [4.69, 9.17) is 11.5 Å². The highest BCUT2D eigenvalue weighted by Gasteiger charge is 2.32. The van der Waals surface area contributed by atoms with Gasteiger partial charge in [0.25, 0.3) is 5.91 Å². The minimum atomic E-state index is -0.746.